The molecule has 17 nitrogen and oxygen atoms in total. The molecule has 410 valence electrons. The molecule has 2 aliphatic heterocycles. The van der Waals surface area contributed by atoms with Crippen molar-refractivity contribution < 1.29 is 37.4 Å². The number of likely N-dealkylation sites (tertiary alicyclic amines) is 2. The molecule has 3 amide bonds. The van der Waals surface area contributed by atoms with Crippen LogP contribution in [0.3, 0.4) is 0 Å². The van der Waals surface area contributed by atoms with Crippen LogP contribution in [0.15, 0.2) is 77.3 Å². The zero-order valence-electron chi connectivity index (χ0n) is 45.1. The highest BCUT2D eigenvalue weighted by Crippen LogP contribution is 2.39. The topological polar surface area (TPSA) is 217 Å². The summed E-state index contributed by atoms with van der Waals surface area (Å²) in [4.78, 5) is 59.4. The van der Waals surface area contributed by atoms with Gasteiger partial charge in [-0.05, 0) is 145 Å². The Morgan fingerprint density at radius 2 is 1.67 bits per heavy atom. The van der Waals surface area contributed by atoms with Gasteiger partial charge < -0.3 is 45.6 Å². The lowest BCUT2D eigenvalue weighted by Crippen LogP contribution is -2.58. The number of anilines is 4. The predicted molar refractivity (Wildman–Crippen MR) is 299 cm³/mol. The molecule has 20 heteroatoms. The van der Waals surface area contributed by atoms with Crippen LogP contribution in [0.1, 0.15) is 109 Å². The van der Waals surface area contributed by atoms with E-state index in [-0.39, 0.29) is 59.8 Å². The molecule has 2 aliphatic rings. The fraction of sp³-hybridized carbons (Fsp3) is 0.500. The van der Waals surface area contributed by atoms with Crippen LogP contribution in [0.4, 0.5) is 23.1 Å². The minimum atomic E-state index is -3.59. The van der Waals surface area contributed by atoms with E-state index in [9.17, 15) is 27.9 Å². The third kappa shape index (κ3) is 14.9. The minimum absolute atomic E-state index is 0.00628. The number of piperidine rings is 1. The number of amides is 3. The summed E-state index contributed by atoms with van der Waals surface area (Å²) < 4.78 is 38.4. The van der Waals surface area contributed by atoms with E-state index in [2.05, 4.69) is 60.2 Å². The van der Waals surface area contributed by atoms with Gasteiger partial charge in [0.2, 0.25) is 23.7 Å². The van der Waals surface area contributed by atoms with Gasteiger partial charge in [0, 0.05) is 26.1 Å². The monoisotopic (exact) mass is 1100 g/mol. The molecule has 0 spiro atoms. The van der Waals surface area contributed by atoms with Crippen molar-refractivity contribution in [1.29, 1.82) is 0 Å². The molecular weight excluding hydrogens is 1030 g/mol. The molecule has 2 aromatic heterocycles. The molecular formula is C56H74ClN9O8S2. The number of aliphatic hydroxyl groups excluding tert-OH is 1. The van der Waals surface area contributed by atoms with E-state index >= 15 is 0 Å². The molecule has 3 aromatic carbocycles. The first-order valence-electron chi connectivity index (χ1n) is 26.1. The lowest BCUT2D eigenvalue weighted by Gasteiger charge is -2.35. The Labute approximate surface area is 456 Å². The zero-order chi connectivity index (χ0) is 54.9. The average molecular weight is 1100 g/mol. The van der Waals surface area contributed by atoms with Crippen molar-refractivity contribution in [2.24, 2.45) is 5.41 Å². The van der Waals surface area contributed by atoms with E-state index in [1.807, 2.05) is 71.3 Å². The molecule has 2 fully saturated rings. The number of thiazole rings is 1. The Balaban J connectivity index is 0.856. The number of ether oxygens (including phenoxy) is 2. The number of carbonyl (C=O) groups excluding carboxylic acids is 3. The van der Waals surface area contributed by atoms with Crippen LogP contribution in [0.5, 0.6) is 5.75 Å². The Kier molecular flexibility index (Phi) is 19.6. The second-order valence-corrected chi connectivity index (χ2v) is 25.2. The van der Waals surface area contributed by atoms with Crippen molar-refractivity contribution in [3.8, 4) is 16.2 Å². The molecule has 7 rings (SSSR count). The van der Waals surface area contributed by atoms with Crippen LogP contribution in [0, 0.1) is 19.3 Å². The molecule has 5 N–H and O–H groups in total. The van der Waals surface area contributed by atoms with Crippen LogP contribution in [0.2, 0.25) is 5.02 Å². The van der Waals surface area contributed by atoms with Crippen LogP contribution >= 0.6 is 22.9 Å². The van der Waals surface area contributed by atoms with Crippen molar-refractivity contribution in [1.82, 2.24) is 35.4 Å². The molecule has 2 saturated heterocycles. The van der Waals surface area contributed by atoms with Crippen molar-refractivity contribution in [3.05, 3.63) is 99.8 Å². The van der Waals surface area contributed by atoms with Gasteiger partial charge in [-0.2, -0.15) is 4.98 Å². The number of hydrogen-bond acceptors (Lipinski definition) is 15. The highest BCUT2D eigenvalue weighted by Gasteiger charge is 2.44. The largest absolute Gasteiger partial charge is 0.489 e. The second kappa shape index (κ2) is 25.6. The number of sulfone groups is 1. The van der Waals surface area contributed by atoms with Gasteiger partial charge in [-0.15, -0.1) is 11.3 Å². The zero-order valence-corrected chi connectivity index (χ0v) is 47.5. The molecule has 0 radical (unpaired) electrons. The van der Waals surface area contributed by atoms with Crippen LogP contribution in [-0.2, 0) is 35.5 Å². The van der Waals surface area contributed by atoms with Gasteiger partial charge >= 0.3 is 0 Å². The molecule has 0 saturated carbocycles. The van der Waals surface area contributed by atoms with Crippen LogP contribution < -0.4 is 26.0 Å². The van der Waals surface area contributed by atoms with Crippen LogP contribution in [-0.4, -0.2) is 125 Å². The lowest BCUT2D eigenvalue weighted by molar-refractivity contribution is -0.144. The first kappa shape index (κ1) is 58.0. The maximum atomic E-state index is 14.1. The number of benzene rings is 3. The number of nitrogens with one attached hydrogen (secondary N) is 4. The fourth-order valence-corrected chi connectivity index (χ4v) is 11.7. The van der Waals surface area contributed by atoms with Gasteiger partial charge in [0.05, 0.1) is 56.0 Å². The van der Waals surface area contributed by atoms with E-state index < -0.39 is 50.5 Å². The molecule has 0 aliphatic carbocycles. The third-order valence-corrected chi connectivity index (χ3v) is 17.2. The molecule has 76 heavy (non-hydrogen) atoms. The molecule has 3 atom stereocenters. The fourth-order valence-electron chi connectivity index (χ4n) is 9.58. The van der Waals surface area contributed by atoms with Gasteiger partial charge in [-0.3, -0.25) is 14.4 Å². The Bertz CT molecular complexity index is 2920. The molecule has 4 heterocycles. The maximum Gasteiger partial charge on any atom is 0.246 e. The highest BCUT2D eigenvalue weighted by atomic mass is 35.5. The summed E-state index contributed by atoms with van der Waals surface area (Å²) in [6.45, 7) is 20.1. The van der Waals surface area contributed by atoms with E-state index in [1.54, 1.807) is 49.4 Å². The Morgan fingerprint density at radius 3 is 2.34 bits per heavy atom. The van der Waals surface area contributed by atoms with Gasteiger partial charge in [0.15, 0.2) is 15.7 Å². The lowest BCUT2D eigenvalue weighted by atomic mass is 9.85. The molecule has 0 unspecified atom stereocenters. The Morgan fingerprint density at radius 1 is 0.947 bits per heavy atom. The van der Waals surface area contributed by atoms with Crippen LogP contribution in [0.25, 0.3) is 10.4 Å². The quantitative estimate of drug-likeness (QED) is 0.0409. The number of aryl methyl sites for hydroxylation is 2. The smallest absolute Gasteiger partial charge is 0.246 e. The number of aliphatic hydroxyl groups is 1. The molecule has 0 bridgehead atoms. The number of nitrogens with zero attached hydrogens (tertiary/aromatic N) is 5. The standard InChI is InChI=1S/C56H74ClN9O8S2/c1-34(2)74-47-28-42(36(5)26-45(47)62-55-59-30-43(57)52(64-55)61-44-14-10-11-15-48(44)76(71,72)35(3)4)39-20-23-65(24-21-39)22-12-13-25-73-32-49(68)63-51(56(7,8)9)54(70)66-31-41(67)27-46(66)53(69)58-29-38-16-18-40(19-17-38)50-37(6)60-33-75-50/h10-11,14-19,26,28,30,33-35,39,41,46,51,67H,12-13,20-25,27,29,31-32H2,1-9H3,(H,58,69)(H,63,68)(H2,59,61,62,64)/t41-,46+,51+/m1/s1. The van der Waals surface area contributed by atoms with Crippen molar-refractivity contribution >= 4 is 73.6 Å². The summed E-state index contributed by atoms with van der Waals surface area (Å²) in [5, 5.41) is 22.5. The van der Waals surface area contributed by atoms with Gasteiger partial charge in [-0.1, -0.05) is 68.8 Å². The summed E-state index contributed by atoms with van der Waals surface area (Å²) in [6, 6.07) is 16.9. The summed E-state index contributed by atoms with van der Waals surface area (Å²) in [5.74, 6) is 0.316. The second-order valence-electron chi connectivity index (χ2n) is 21.4. The number of aromatic nitrogens is 3. The summed E-state index contributed by atoms with van der Waals surface area (Å²) in [7, 11) is -3.59. The van der Waals surface area contributed by atoms with Crippen molar-refractivity contribution in [2.45, 2.75) is 141 Å². The summed E-state index contributed by atoms with van der Waals surface area (Å²) >= 11 is 8.11. The van der Waals surface area contributed by atoms with E-state index in [0.717, 1.165) is 72.6 Å². The number of unbranched alkanes of at least 4 members (excludes halogenated alkanes) is 1. The van der Waals surface area contributed by atoms with Gasteiger partial charge in [-0.25, -0.2) is 18.4 Å². The number of halogens is 1. The van der Waals surface area contributed by atoms with E-state index in [4.69, 9.17) is 21.1 Å². The number of para-hydroxylation sites is 1. The van der Waals surface area contributed by atoms with Crippen molar-refractivity contribution in [3.63, 3.8) is 0 Å². The average Bonchev–Trinajstić information content (AvgIpc) is 4.00. The number of carbonyl (C=O) groups is 3. The maximum absolute atomic E-state index is 14.1. The van der Waals surface area contributed by atoms with Gasteiger partial charge in [0.25, 0.3) is 0 Å². The Hall–Kier alpha value is -5.70. The normalized spacial score (nSPS) is 17.0. The molecule has 5 aromatic rings. The minimum Gasteiger partial charge on any atom is -0.489 e. The summed E-state index contributed by atoms with van der Waals surface area (Å²) in [5.41, 5.74) is 7.44. The highest BCUT2D eigenvalue weighted by molar-refractivity contribution is 7.92. The van der Waals surface area contributed by atoms with E-state index in [0.29, 0.717) is 29.6 Å². The predicted octanol–water partition coefficient (Wildman–Crippen LogP) is 9.11. The summed E-state index contributed by atoms with van der Waals surface area (Å²) in [6.07, 6.45) is 4.22. The third-order valence-electron chi connectivity index (χ3n) is 13.8. The van der Waals surface area contributed by atoms with Gasteiger partial charge in [0.1, 0.15) is 29.5 Å². The first-order chi connectivity index (χ1) is 36.1. The SMILES string of the molecule is Cc1cc(Nc2ncc(Cl)c(Nc3ccccc3S(=O)(=O)C(C)C)n2)c(OC(C)C)cc1C1CCN(CCCCOCC(=O)N[C@@H](C(=O)N2C[C@H](O)C[C@H]2C(=O)NCc2ccc(-c3scnc3C)cc2)C(C)(C)C)CC1. The number of rotatable bonds is 22. The van der Waals surface area contributed by atoms with E-state index in [1.165, 1.54) is 16.7 Å². The van der Waals surface area contributed by atoms with Crippen molar-refractivity contribution in [2.75, 3.05) is 50.0 Å². The first-order valence-corrected chi connectivity index (χ1v) is 28.9. The number of hydrogen-bond donors (Lipinski definition) is 5. The number of β-amino-alcohol motifs (C(OH)–C–C–N with tert-alkyl or cyclic N) is 1.